The Balaban J connectivity index is 2.48. The summed E-state index contributed by atoms with van der Waals surface area (Å²) in [7, 11) is -3.46. The Labute approximate surface area is 106 Å². The van der Waals surface area contributed by atoms with E-state index >= 15 is 0 Å². The minimum absolute atomic E-state index is 0.0289. The number of carbonyl (C=O) groups is 1. The van der Waals surface area contributed by atoms with Gasteiger partial charge in [-0.05, 0) is 18.6 Å². The molecular weight excluding hydrogens is 262 g/mol. The van der Waals surface area contributed by atoms with Gasteiger partial charge in [0, 0.05) is 11.3 Å². The Morgan fingerprint density at radius 3 is 2.76 bits per heavy atom. The lowest BCUT2D eigenvalue weighted by Gasteiger charge is -2.19. The van der Waals surface area contributed by atoms with E-state index in [1.54, 1.807) is 11.8 Å². The van der Waals surface area contributed by atoms with E-state index in [9.17, 15) is 13.2 Å². The fraction of sp³-hybridized carbons (Fsp3) is 0.900. The van der Waals surface area contributed by atoms with Crippen molar-refractivity contribution in [1.29, 1.82) is 0 Å². The first-order valence-electron chi connectivity index (χ1n) is 5.78. The highest BCUT2D eigenvalue weighted by Crippen LogP contribution is 2.30. The van der Waals surface area contributed by atoms with Gasteiger partial charge in [0.1, 0.15) is 0 Å². The Hall–Kier alpha value is -0.270. The Kier molecular flexibility index (Phi) is 5.75. The first-order chi connectivity index (χ1) is 7.94. The van der Waals surface area contributed by atoms with E-state index in [1.807, 2.05) is 0 Å². The number of rotatable bonds is 7. The molecule has 0 spiro atoms. The Morgan fingerprint density at radius 1 is 1.47 bits per heavy atom. The molecule has 0 aromatic carbocycles. The third kappa shape index (κ3) is 5.27. The second-order valence-corrected chi connectivity index (χ2v) is 7.50. The van der Waals surface area contributed by atoms with Crippen LogP contribution in [0, 0.1) is 0 Å². The molecule has 2 unspecified atom stereocenters. The number of nitrogens with one attached hydrogen (secondary N) is 1. The van der Waals surface area contributed by atoms with Gasteiger partial charge in [0.25, 0.3) is 0 Å². The molecule has 2 N–H and O–H groups in total. The van der Waals surface area contributed by atoms with Crippen LogP contribution in [0.15, 0.2) is 0 Å². The van der Waals surface area contributed by atoms with E-state index in [0.717, 1.165) is 25.0 Å². The van der Waals surface area contributed by atoms with Crippen molar-refractivity contribution in [2.24, 2.45) is 0 Å². The van der Waals surface area contributed by atoms with E-state index < -0.39 is 16.0 Å². The highest BCUT2D eigenvalue weighted by atomic mass is 32.2. The number of carboxylic acid groups (broad SMARTS) is 1. The maximum atomic E-state index is 11.7. The van der Waals surface area contributed by atoms with Crippen LogP contribution in [-0.4, -0.2) is 42.3 Å². The van der Waals surface area contributed by atoms with Crippen molar-refractivity contribution in [3.8, 4) is 0 Å². The van der Waals surface area contributed by atoms with Crippen molar-refractivity contribution < 1.29 is 18.3 Å². The van der Waals surface area contributed by atoms with Crippen molar-refractivity contribution in [3.63, 3.8) is 0 Å². The average molecular weight is 281 g/mol. The zero-order valence-electron chi connectivity index (χ0n) is 9.89. The molecule has 0 aromatic rings. The largest absolute Gasteiger partial charge is 0.481 e. The monoisotopic (exact) mass is 281 g/mol. The standard InChI is InChI=1S/C10H19NO4S2/c1-2-16-9-5-3-4-8(9)11-17(14,15)7-6-10(12)13/h8-9,11H,2-7H2,1H3,(H,12,13). The van der Waals surface area contributed by atoms with E-state index in [4.69, 9.17) is 5.11 Å². The topological polar surface area (TPSA) is 83.5 Å². The molecule has 1 saturated carbocycles. The van der Waals surface area contributed by atoms with Crippen LogP contribution < -0.4 is 4.72 Å². The molecule has 2 atom stereocenters. The van der Waals surface area contributed by atoms with Crippen molar-refractivity contribution in [3.05, 3.63) is 0 Å². The zero-order valence-corrected chi connectivity index (χ0v) is 11.5. The van der Waals surface area contributed by atoms with Gasteiger partial charge in [0.2, 0.25) is 10.0 Å². The van der Waals surface area contributed by atoms with E-state index in [1.165, 1.54) is 0 Å². The van der Waals surface area contributed by atoms with Gasteiger partial charge < -0.3 is 5.11 Å². The number of sulfonamides is 1. The molecular formula is C10H19NO4S2. The minimum Gasteiger partial charge on any atom is -0.481 e. The third-order valence-corrected chi connectivity index (χ3v) is 5.48. The quantitative estimate of drug-likeness (QED) is 0.729. The maximum absolute atomic E-state index is 11.7. The summed E-state index contributed by atoms with van der Waals surface area (Å²) < 4.78 is 25.9. The van der Waals surface area contributed by atoms with Gasteiger partial charge in [0.05, 0.1) is 12.2 Å². The van der Waals surface area contributed by atoms with Gasteiger partial charge in [0.15, 0.2) is 0 Å². The highest BCUT2D eigenvalue weighted by Gasteiger charge is 2.30. The molecule has 0 bridgehead atoms. The fourth-order valence-corrected chi connectivity index (χ4v) is 4.57. The number of carboxylic acids is 1. The lowest BCUT2D eigenvalue weighted by molar-refractivity contribution is -0.136. The van der Waals surface area contributed by atoms with Crippen LogP contribution in [0.1, 0.15) is 32.6 Å². The molecule has 5 nitrogen and oxygen atoms in total. The summed E-state index contributed by atoms with van der Waals surface area (Å²) in [5.41, 5.74) is 0. The third-order valence-electron chi connectivity index (χ3n) is 2.75. The second-order valence-electron chi connectivity index (χ2n) is 4.11. The van der Waals surface area contributed by atoms with Gasteiger partial charge in [-0.15, -0.1) is 0 Å². The molecule has 0 radical (unpaired) electrons. The van der Waals surface area contributed by atoms with Gasteiger partial charge in [-0.2, -0.15) is 11.8 Å². The molecule has 0 amide bonds. The van der Waals surface area contributed by atoms with Gasteiger partial charge in [-0.1, -0.05) is 13.3 Å². The summed E-state index contributed by atoms with van der Waals surface area (Å²) in [5, 5.41) is 8.81. The smallest absolute Gasteiger partial charge is 0.304 e. The van der Waals surface area contributed by atoms with Crippen molar-refractivity contribution in [1.82, 2.24) is 4.72 Å². The average Bonchev–Trinajstić information content (AvgIpc) is 2.63. The number of aliphatic carboxylic acids is 1. The van der Waals surface area contributed by atoms with E-state index in [2.05, 4.69) is 11.6 Å². The molecule has 0 saturated heterocycles. The molecule has 1 rings (SSSR count). The lowest BCUT2D eigenvalue weighted by atomic mass is 10.3. The Morgan fingerprint density at radius 2 is 2.18 bits per heavy atom. The van der Waals surface area contributed by atoms with Crippen LogP contribution in [0.25, 0.3) is 0 Å². The van der Waals surface area contributed by atoms with Gasteiger partial charge in [-0.3, -0.25) is 4.79 Å². The zero-order chi connectivity index (χ0) is 12.9. The van der Waals surface area contributed by atoms with Crippen LogP contribution in [-0.2, 0) is 14.8 Å². The molecule has 1 fully saturated rings. The molecule has 0 heterocycles. The lowest BCUT2D eigenvalue weighted by Crippen LogP contribution is -2.40. The van der Waals surface area contributed by atoms with Crippen molar-refractivity contribution in [2.75, 3.05) is 11.5 Å². The van der Waals surface area contributed by atoms with E-state index in [-0.39, 0.29) is 18.2 Å². The molecule has 1 aliphatic rings. The number of thioether (sulfide) groups is 1. The highest BCUT2D eigenvalue weighted by molar-refractivity contribution is 8.00. The predicted octanol–water partition coefficient (Wildman–Crippen LogP) is 1.05. The fourth-order valence-electron chi connectivity index (χ4n) is 1.99. The summed E-state index contributed by atoms with van der Waals surface area (Å²) in [5.74, 6) is -0.443. The van der Waals surface area contributed by atoms with Crippen LogP contribution in [0.2, 0.25) is 0 Å². The SMILES string of the molecule is CCSC1CCCC1NS(=O)(=O)CCC(=O)O. The summed E-state index contributed by atoms with van der Waals surface area (Å²) in [6.07, 6.45) is 2.58. The molecule has 0 aromatic heterocycles. The molecule has 0 aliphatic heterocycles. The molecule has 17 heavy (non-hydrogen) atoms. The summed E-state index contributed by atoms with van der Waals surface area (Å²) in [4.78, 5) is 10.4. The normalized spacial score (nSPS) is 25.0. The predicted molar refractivity (Wildman–Crippen MR) is 68.7 cm³/mol. The van der Waals surface area contributed by atoms with E-state index in [0.29, 0.717) is 5.25 Å². The van der Waals surface area contributed by atoms with Gasteiger partial charge >= 0.3 is 5.97 Å². The van der Waals surface area contributed by atoms with Crippen LogP contribution in [0.4, 0.5) is 0 Å². The summed E-state index contributed by atoms with van der Waals surface area (Å²) >= 11 is 1.77. The van der Waals surface area contributed by atoms with Crippen LogP contribution in [0.5, 0.6) is 0 Å². The molecule has 100 valence electrons. The summed E-state index contributed by atoms with van der Waals surface area (Å²) in [6.45, 7) is 2.05. The Bertz CT molecular complexity index is 355. The number of hydrogen-bond donors (Lipinski definition) is 2. The first kappa shape index (κ1) is 14.8. The summed E-state index contributed by atoms with van der Waals surface area (Å²) in [6, 6.07) is -0.0289. The minimum atomic E-state index is -3.46. The maximum Gasteiger partial charge on any atom is 0.304 e. The molecule has 1 aliphatic carbocycles. The second kappa shape index (κ2) is 6.61. The van der Waals surface area contributed by atoms with Crippen LogP contribution >= 0.6 is 11.8 Å². The molecule has 7 heteroatoms. The first-order valence-corrected chi connectivity index (χ1v) is 8.48. The number of hydrogen-bond acceptors (Lipinski definition) is 4. The van der Waals surface area contributed by atoms with Crippen molar-refractivity contribution >= 4 is 27.8 Å². The van der Waals surface area contributed by atoms with Crippen LogP contribution in [0.3, 0.4) is 0 Å². The van der Waals surface area contributed by atoms with Crippen molar-refractivity contribution in [2.45, 2.75) is 43.9 Å². The van der Waals surface area contributed by atoms with Gasteiger partial charge in [-0.25, -0.2) is 13.1 Å².